The summed E-state index contributed by atoms with van der Waals surface area (Å²) in [6.45, 7) is 3.22. The molecule has 0 saturated heterocycles. The Bertz CT molecular complexity index is 739. The Balaban J connectivity index is 1.47. The minimum atomic E-state index is 0.218. The molecule has 6 nitrogen and oxygen atoms in total. The van der Waals surface area contributed by atoms with Gasteiger partial charge < -0.3 is 13.7 Å². The Kier molecular flexibility index (Phi) is 3.81. The summed E-state index contributed by atoms with van der Waals surface area (Å²) in [5.74, 6) is 0.654. The number of fused-ring (bicyclic) bond motifs is 1. The summed E-state index contributed by atoms with van der Waals surface area (Å²) in [6.07, 6.45) is 9.06. The number of aromatic nitrogens is 3. The normalized spacial score (nSPS) is 17.8. The molecule has 0 bridgehead atoms. The van der Waals surface area contributed by atoms with Gasteiger partial charge in [0.25, 0.3) is 0 Å². The van der Waals surface area contributed by atoms with Gasteiger partial charge in [-0.25, -0.2) is 9.97 Å². The Morgan fingerprint density at radius 2 is 2.30 bits per heavy atom. The van der Waals surface area contributed by atoms with Crippen LogP contribution < -0.4 is 4.74 Å². The highest BCUT2D eigenvalue weighted by Crippen LogP contribution is 2.23. The number of furan rings is 1. The van der Waals surface area contributed by atoms with E-state index in [0.29, 0.717) is 12.5 Å². The fraction of sp³-hybridized carbons (Fsp3) is 0.294. The van der Waals surface area contributed by atoms with E-state index >= 15 is 0 Å². The van der Waals surface area contributed by atoms with E-state index in [9.17, 15) is 0 Å². The average Bonchev–Trinajstić information content (AvgIpc) is 3.25. The summed E-state index contributed by atoms with van der Waals surface area (Å²) < 4.78 is 13.2. The second-order valence-electron chi connectivity index (χ2n) is 5.73. The summed E-state index contributed by atoms with van der Waals surface area (Å²) in [5, 5.41) is 0. The molecule has 6 heteroatoms. The highest BCUT2D eigenvalue weighted by Gasteiger charge is 2.25. The fourth-order valence-corrected chi connectivity index (χ4v) is 2.97. The minimum Gasteiger partial charge on any atom is -0.475 e. The van der Waals surface area contributed by atoms with Gasteiger partial charge in [0.2, 0.25) is 5.88 Å². The van der Waals surface area contributed by atoms with Crippen molar-refractivity contribution < 1.29 is 9.15 Å². The van der Waals surface area contributed by atoms with Crippen LogP contribution in [0.25, 0.3) is 0 Å². The van der Waals surface area contributed by atoms with Crippen LogP contribution in [0.1, 0.15) is 17.3 Å². The quantitative estimate of drug-likeness (QED) is 0.725. The van der Waals surface area contributed by atoms with Crippen molar-refractivity contribution in [2.24, 2.45) is 0 Å². The molecule has 4 rings (SSSR count). The van der Waals surface area contributed by atoms with Gasteiger partial charge in [-0.2, -0.15) is 0 Å². The van der Waals surface area contributed by atoms with Crippen LogP contribution >= 0.6 is 0 Å². The lowest BCUT2D eigenvalue weighted by Crippen LogP contribution is -2.38. The lowest BCUT2D eigenvalue weighted by molar-refractivity contribution is 0.134. The summed E-state index contributed by atoms with van der Waals surface area (Å²) in [6, 6.07) is 7.91. The standard InChI is InChI=1S/C17H18N4O2/c1-2-5-19-17(3-1)23-12-16-10-20(8-14-4-6-22-11-14)9-15-7-18-13-21(15)16/h1-7,11,13,16H,8-10,12H2/t16-/m0/s1. The molecule has 0 amide bonds. The molecule has 4 heterocycles. The molecule has 0 aliphatic carbocycles. The van der Waals surface area contributed by atoms with Gasteiger partial charge in [0.05, 0.1) is 30.6 Å². The Morgan fingerprint density at radius 1 is 1.30 bits per heavy atom. The molecule has 118 valence electrons. The van der Waals surface area contributed by atoms with E-state index < -0.39 is 0 Å². The zero-order valence-electron chi connectivity index (χ0n) is 12.7. The molecule has 0 radical (unpaired) electrons. The number of imidazole rings is 1. The van der Waals surface area contributed by atoms with Crippen molar-refractivity contribution in [1.82, 2.24) is 19.4 Å². The molecule has 1 aliphatic heterocycles. The van der Waals surface area contributed by atoms with Crippen LogP contribution in [0, 0.1) is 0 Å². The Morgan fingerprint density at radius 3 is 3.13 bits per heavy atom. The van der Waals surface area contributed by atoms with Crippen molar-refractivity contribution in [3.8, 4) is 5.88 Å². The minimum absolute atomic E-state index is 0.218. The van der Waals surface area contributed by atoms with Crippen LogP contribution in [0.4, 0.5) is 0 Å². The molecule has 0 N–H and O–H groups in total. The second-order valence-corrected chi connectivity index (χ2v) is 5.73. The first-order valence-electron chi connectivity index (χ1n) is 7.66. The molecule has 0 saturated carbocycles. The van der Waals surface area contributed by atoms with Gasteiger partial charge in [0.15, 0.2) is 0 Å². The largest absolute Gasteiger partial charge is 0.475 e. The zero-order chi connectivity index (χ0) is 15.5. The van der Waals surface area contributed by atoms with Crippen LogP contribution in [0.5, 0.6) is 5.88 Å². The molecular weight excluding hydrogens is 292 g/mol. The third kappa shape index (κ3) is 3.12. The monoisotopic (exact) mass is 310 g/mol. The van der Waals surface area contributed by atoms with Gasteiger partial charge in [-0.1, -0.05) is 6.07 Å². The number of rotatable bonds is 5. The third-order valence-electron chi connectivity index (χ3n) is 4.04. The first kappa shape index (κ1) is 14.0. The molecule has 3 aromatic heterocycles. The molecule has 1 atom stereocenters. The second kappa shape index (κ2) is 6.26. The third-order valence-corrected chi connectivity index (χ3v) is 4.04. The van der Waals surface area contributed by atoms with E-state index in [1.54, 1.807) is 18.7 Å². The van der Waals surface area contributed by atoms with Crippen molar-refractivity contribution in [1.29, 1.82) is 0 Å². The molecule has 1 aliphatic rings. The topological polar surface area (TPSA) is 56.3 Å². The van der Waals surface area contributed by atoms with E-state index in [4.69, 9.17) is 9.15 Å². The molecule has 23 heavy (non-hydrogen) atoms. The average molecular weight is 310 g/mol. The van der Waals surface area contributed by atoms with Gasteiger partial charge in [0.1, 0.15) is 6.61 Å². The first-order valence-corrected chi connectivity index (χ1v) is 7.66. The Labute approximate surface area is 134 Å². The number of hydrogen-bond donors (Lipinski definition) is 0. The highest BCUT2D eigenvalue weighted by molar-refractivity contribution is 5.11. The van der Waals surface area contributed by atoms with Crippen molar-refractivity contribution in [3.05, 3.63) is 66.8 Å². The van der Waals surface area contributed by atoms with Crippen molar-refractivity contribution in [2.75, 3.05) is 13.2 Å². The van der Waals surface area contributed by atoms with Crippen LogP contribution in [0.2, 0.25) is 0 Å². The van der Waals surface area contributed by atoms with Gasteiger partial charge in [0, 0.05) is 43.7 Å². The predicted octanol–water partition coefficient (Wildman–Crippen LogP) is 2.51. The number of pyridine rings is 1. The predicted molar refractivity (Wildman–Crippen MR) is 83.8 cm³/mol. The molecule has 0 unspecified atom stereocenters. The summed E-state index contributed by atoms with van der Waals surface area (Å²) in [7, 11) is 0. The van der Waals surface area contributed by atoms with E-state index in [1.807, 2.05) is 36.8 Å². The van der Waals surface area contributed by atoms with Gasteiger partial charge >= 0.3 is 0 Å². The van der Waals surface area contributed by atoms with Gasteiger partial charge in [-0.15, -0.1) is 0 Å². The maximum absolute atomic E-state index is 5.85. The van der Waals surface area contributed by atoms with Crippen LogP contribution in [-0.4, -0.2) is 32.6 Å². The SMILES string of the molecule is c1ccc(OC[C@@H]2CN(Cc3ccoc3)Cc3cncn32)nc1. The maximum atomic E-state index is 5.85. The Hall–Kier alpha value is -2.60. The number of nitrogens with zero attached hydrogens (tertiary/aromatic N) is 4. The lowest BCUT2D eigenvalue weighted by Gasteiger charge is -2.34. The smallest absolute Gasteiger partial charge is 0.213 e. The summed E-state index contributed by atoms with van der Waals surface area (Å²) >= 11 is 0. The lowest BCUT2D eigenvalue weighted by atomic mass is 10.1. The van der Waals surface area contributed by atoms with Crippen molar-refractivity contribution >= 4 is 0 Å². The van der Waals surface area contributed by atoms with E-state index in [2.05, 4.69) is 19.4 Å². The van der Waals surface area contributed by atoms with Crippen molar-refractivity contribution in [3.63, 3.8) is 0 Å². The molecule has 0 spiro atoms. The van der Waals surface area contributed by atoms with Gasteiger partial charge in [-0.05, 0) is 12.1 Å². The van der Waals surface area contributed by atoms with Crippen LogP contribution in [-0.2, 0) is 13.1 Å². The van der Waals surface area contributed by atoms with Crippen LogP contribution in [0.3, 0.4) is 0 Å². The van der Waals surface area contributed by atoms with E-state index in [1.165, 1.54) is 11.3 Å². The summed E-state index contributed by atoms with van der Waals surface area (Å²) in [5.41, 5.74) is 2.39. The zero-order valence-corrected chi connectivity index (χ0v) is 12.7. The first-order chi connectivity index (χ1) is 11.4. The molecule has 3 aromatic rings. The summed E-state index contributed by atoms with van der Waals surface area (Å²) in [4.78, 5) is 10.9. The fourth-order valence-electron chi connectivity index (χ4n) is 2.97. The number of ether oxygens (including phenoxy) is 1. The highest BCUT2D eigenvalue weighted by atomic mass is 16.5. The van der Waals surface area contributed by atoms with Gasteiger partial charge in [-0.3, -0.25) is 4.90 Å². The maximum Gasteiger partial charge on any atom is 0.213 e. The van der Waals surface area contributed by atoms with Crippen molar-refractivity contribution in [2.45, 2.75) is 19.1 Å². The number of hydrogen-bond acceptors (Lipinski definition) is 5. The van der Waals surface area contributed by atoms with Crippen LogP contribution in [0.15, 0.2) is 59.9 Å². The van der Waals surface area contributed by atoms with E-state index in [-0.39, 0.29) is 6.04 Å². The van der Waals surface area contributed by atoms with E-state index in [0.717, 1.165) is 19.6 Å². The molecule has 0 aromatic carbocycles. The molecule has 0 fully saturated rings. The molecular formula is C17H18N4O2.